The fourth-order valence-corrected chi connectivity index (χ4v) is 2.59. The number of nitrogens with two attached hydrogens (primary N) is 1. The first kappa shape index (κ1) is 14.4. The van der Waals surface area contributed by atoms with Gasteiger partial charge in [0.05, 0.1) is 12.4 Å². The van der Waals surface area contributed by atoms with Gasteiger partial charge in [0.2, 0.25) is 10.0 Å². The van der Waals surface area contributed by atoms with Crippen molar-refractivity contribution in [1.82, 2.24) is 20.1 Å². The molecule has 1 aromatic heterocycles. The quantitative estimate of drug-likeness (QED) is 0.731. The summed E-state index contributed by atoms with van der Waals surface area (Å²) >= 11 is 0. The average Bonchev–Trinajstić information content (AvgIpc) is 2.75. The molecule has 1 unspecified atom stereocenters. The van der Waals surface area contributed by atoms with Crippen LogP contribution in [0.4, 0.5) is 0 Å². The predicted molar refractivity (Wildman–Crippen MR) is 68.8 cm³/mol. The summed E-state index contributed by atoms with van der Waals surface area (Å²) in [6.07, 6.45) is 0.367. The molecule has 0 amide bonds. The Labute approximate surface area is 112 Å². The molecule has 2 heterocycles. The van der Waals surface area contributed by atoms with Crippen LogP contribution in [0.15, 0.2) is 0 Å². The zero-order valence-corrected chi connectivity index (χ0v) is 11.7. The van der Waals surface area contributed by atoms with E-state index in [4.69, 9.17) is 9.88 Å². The van der Waals surface area contributed by atoms with Gasteiger partial charge in [-0.15, -0.1) is 0 Å². The van der Waals surface area contributed by atoms with Crippen molar-refractivity contribution in [2.24, 2.45) is 5.14 Å². The number of hydrogen-bond acceptors (Lipinski definition) is 6. The number of morpholine rings is 1. The van der Waals surface area contributed by atoms with Crippen molar-refractivity contribution in [2.45, 2.75) is 19.4 Å². The smallest absolute Gasteiger partial charge is 0.209 e. The molecule has 3 N–H and O–H groups in total. The molecule has 108 valence electrons. The zero-order valence-electron chi connectivity index (χ0n) is 10.9. The molecule has 1 aliphatic heterocycles. The van der Waals surface area contributed by atoms with Gasteiger partial charge in [0.1, 0.15) is 11.9 Å². The lowest BCUT2D eigenvalue weighted by Gasteiger charge is -2.31. The maximum absolute atomic E-state index is 10.9. The van der Waals surface area contributed by atoms with E-state index in [0.717, 1.165) is 12.4 Å². The molecule has 1 atom stereocenters. The van der Waals surface area contributed by atoms with Crippen LogP contribution in [0.5, 0.6) is 0 Å². The average molecular weight is 289 g/mol. The molecule has 1 aliphatic rings. The Morgan fingerprint density at radius 3 is 3.00 bits per heavy atom. The first-order valence-electron chi connectivity index (χ1n) is 6.17. The van der Waals surface area contributed by atoms with E-state index < -0.39 is 10.0 Å². The molecule has 0 bridgehead atoms. The molecule has 0 saturated carbocycles. The third-order valence-electron chi connectivity index (χ3n) is 2.96. The van der Waals surface area contributed by atoms with Crippen LogP contribution in [-0.4, -0.2) is 60.5 Å². The van der Waals surface area contributed by atoms with Crippen LogP contribution in [0, 0.1) is 6.92 Å². The molecule has 2 rings (SSSR count). The summed E-state index contributed by atoms with van der Waals surface area (Å²) in [5.41, 5.74) is 0. The number of aryl methyl sites for hydroxylation is 1. The third kappa shape index (κ3) is 4.53. The topological polar surface area (TPSA) is 114 Å². The summed E-state index contributed by atoms with van der Waals surface area (Å²) in [6, 6.07) is 0. The number of primary sulfonamides is 1. The summed E-state index contributed by atoms with van der Waals surface area (Å²) in [7, 11) is -3.37. The van der Waals surface area contributed by atoms with Gasteiger partial charge in [-0.3, -0.25) is 10.00 Å². The first-order valence-corrected chi connectivity index (χ1v) is 7.89. The fourth-order valence-electron chi connectivity index (χ4n) is 2.06. The first-order chi connectivity index (χ1) is 8.94. The van der Waals surface area contributed by atoms with Crippen LogP contribution < -0.4 is 5.14 Å². The molecule has 19 heavy (non-hydrogen) atoms. The minimum atomic E-state index is -3.37. The summed E-state index contributed by atoms with van der Waals surface area (Å²) in [6.45, 7) is 4.56. The van der Waals surface area contributed by atoms with E-state index in [9.17, 15) is 8.42 Å². The molecule has 1 aromatic rings. The molecule has 0 aromatic carbocycles. The Bertz CT molecular complexity index is 515. The highest BCUT2D eigenvalue weighted by molar-refractivity contribution is 7.89. The van der Waals surface area contributed by atoms with Crippen molar-refractivity contribution < 1.29 is 13.2 Å². The number of hydrogen-bond donors (Lipinski definition) is 2. The maximum Gasteiger partial charge on any atom is 0.209 e. The lowest BCUT2D eigenvalue weighted by Crippen LogP contribution is -2.39. The Balaban J connectivity index is 1.84. The van der Waals surface area contributed by atoms with E-state index in [-0.39, 0.29) is 11.9 Å². The molecular weight excluding hydrogens is 270 g/mol. The highest BCUT2D eigenvalue weighted by atomic mass is 32.2. The molecule has 0 radical (unpaired) electrons. The SMILES string of the molecule is Cc1nc(C2CN(CCCS(N)(=O)=O)CCO2)n[nH]1. The zero-order chi connectivity index (χ0) is 13.9. The predicted octanol–water partition coefficient (Wildman–Crippen LogP) is -0.835. The number of nitrogens with zero attached hydrogens (tertiary/aromatic N) is 3. The van der Waals surface area contributed by atoms with E-state index >= 15 is 0 Å². The van der Waals surface area contributed by atoms with Gasteiger partial charge in [-0.25, -0.2) is 18.5 Å². The monoisotopic (exact) mass is 289 g/mol. The van der Waals surface area contributed by atoms with Crippen molar-refractivity contribution in [3.8, 4) is 0 Å². The van der Waals surface area contributed by atoms with E-state index in [0.29, 0.717) is 31.9 Å². The minimum absolute atomic E-state index is 0.00872. The van der Waals surface area contributed by atoms with Gasteiger partial charge in [-0.2, -0.15) is 5.10 Å². The van der Waals surface area contributed by atoms with E-state index in [1.807, 2.05) is 6.92 Å². The highest BCUT2D eigenvalue weighted by Crippen LogP contribution is 2.18. The Morgan fingerprint density at radius 1 is 1.58 bits per heavy atom. The third-order valence-corrected chi connectivity index (χ3v) is 3.81. The second-order valence-electron chi connectivity index (χ2n) is 4.66. The number of aromatic nitrogens is 3. The van der Waals surface area contributed by atoms with Crippen LogP contribution in [0.2, 0.25) is 0 Å². The van der Waals surface area contributed by atoms with E-state index in [1.54, 1.807) is 0 Å². The number of nitrogens with one attached hydrogen (secondary N) is 1. The van der Waals surface area contributed by atoms with Crippen LogP contribution in [0.3, 0.4) is 0 Å². The second-order valence-corrected chi connectivity index (χ2v) is 6.39. The van der Waals surface area contributed by atoms with Crippen molar-refractivity contribution in [3.63, 3.8) is 0 Å². The number of aromatic amines is 1. The number of ether oxygens (including phenoxy) is 1. The molecule has 1 fully saturated rings. The molecule has 0 spiro atoms. The van der Waals surface area contributed by atoms with Crippen LogP contribution >= 0.6 is 0 Å². The largest absolute Gasteiger partial charge is 0.367 e. The molecule has 0 aliphatic carbocycles. The number of sulfonamides is 1. The van der Waals surface area contributed by atoms with Gasteiger partial charge in [0.15, 0.2) is 5.82 Å². The number of H-pyrrole nitrogens is 1. The normalized spacial score (nSPS) is 21.7. The molecule has 8 nitrogen and oxygen atoms in total. The van der Waals surface area contributed by atoms with Gasteiger partial charge in [0.25, 0.3) is 0 Å². The van der Waals surface area contributed by atoms with E-state index in [2.05, 4.69) is 20.1 Å². The van der Waals surface area contributed by atoms with Crippen molar-refractivity contribution in [3.05, 3.63) is 11.6 Å². The standard InChI is InChI=1S/C10H19N5O3S/c1-8-12-10(14-13-8)9-7-15(4-5-18-9)3-2-6-19(11,16)17/h9H,2-7H2,1H3,(H2,11,16,17)(H,12,13,14). The van der Waals surface area contributed by atoms with Gasteiger partial charge in [-0.05, 0) is 19.9 Å². The van der Waals surface area contributed by atoms with Crippen molar-refractivity contribution in [2.75, 3.05) is 32.0 Å². The van der Waals surface area contributed by atoms with Gasteiger partial charge >= 0.3 is 0 Å². The van der Waals surface area contributed by atoms with Crippen molar-refractivity contribution in [1.29, 1.82) is 0 Å². The second kappa shape index (κ2) is 5.95. The van der Waals surface area contributed by atoms with Crippen molar-refractivity contribution >= 4 is 10.0 Å². The van der Waals surface area contributed by atoms with Gasteiger partial charge in [-0.1, -0.05) is 0 Å². The van der Waals surface area contributed by atoms with Gasteiger partial charge in [0, 0.05) is 13.1 Å². The molecule has 9 heteroatoms. The van der Waals surface area contributed by atoms with Gasteiger partial charge < -0.3 is 4.74 Å². The fraction of sp³-hybridized carbons (Fsp3) is 0.800. The molecular formula is C10H19N5O3S. The Hall–Kier alpha value is -1.03. The summed E-state index contributed by atoms with van der Waals surface area (Å²) in [5, 5.41) is 11.9. The Kier molecular flexibility index (Phi) is 4.50. The lowest BCUT2D eigenvalue weighted by atomic mass is 10.2. The summed E-state index contributed by atoms with van der Waals surface area (Å²) < 4.78 is 27.4. The van der Waals surface area contributed by atoms with Crippen LogP contribution in [0.25, 0.3) is 0 Å². The van der Waals surface area contributed by atoms with Crippen LogP contribution in [0.1, 0.15) is 24.2 Å². The minimum Gasteiger partial charge on any atom is -0.367 e. The summed E-state index contributed by atoms with van der Waals surface area (Å²) in [4.78, 5) is 6.40. The van der Waals surface area contributed by atoms with E-state index in [1.165, 1.54) is 0 Å². The lowest BCUT2D eigenvalue weighted by molar-refractivity contribution is -0.0340. The van der Waals surface area contributed by atoms with Crippen LogP contribution in [-0.2, 0) is 14.8 Å². The Morgan fingerprint density at radius 2 is 2.37 bits per heavy atom. The molecule has 1 saturated heterocycles. The maximum atomic E-state index is 10.9. The number of rotatable bonds is 5. The highest BCUT2D eigenvalue weighted by Gasteiger charge is 2.24. The summed E-state index contributed by atoms with van der Waals surface area (Å²) in [5.74, 6) is 1.41.